The van der Waals surface area contributed by atoms with Crippen molar-refractivity contribution in [1.29, 1.82) is 0 Å². The third kappa shape index (κ3) is 3.69. The summed E-state index contributed by atoms with van der Waals surface area (Å²) in [7, 11) is 0. The summed E-state index contributed by atoms with van der Waals surface area (Å²) < 4.78 is 0. The van der Waals surface area contributed by atoms with Gasteiger partial charge in [-0.15, -0.1) is 0 Å². The number of hydrogen-bond donors (Lipinski definition) is 3. The standard InChI is InChI=1S/C14H24N2O3/c15-8-9-1-3-10(4-2-9)13(17)16-12-6-5-11(7-12)14(18)19/h9-12H,1-8,15H2,(H,16,17)(H,18,19). The summed E-state index contributed by atoms with van der Waals surface area (Å²) in [6.07, 6.45) is 5.97. The van der Waals surface area contributed by atoms with E-state index in [4.69, 9.17) is 10.8 Å². The van der Waals surface area contributed by atoms with Crippen LogP contribution in [-0.4, -0.2) is 29.6 Å². The first-order valence-electron chi connectivity index (χ1n) is 7.33. The quantitative estimate of drug-likeness (QED) is 0.712. The first-order valence-corrected chi connectivity index (χ1v) is 7.33. The zero-order valence-electron chi connectivity index (χ0n) is 11.3. The van der Waals surface area contributed by atoms with Gasteiger partial charge in [0.2, 0.25) is 5.91 Å². The molecular weight excluding hydrogens is 244 g/mol. The summed E-state index contributed by atoms with van der Waals surface area (Å²) in [5.41, 5.74) is 5.64. The molecule has 108 valence electrons. The van der Waals surface area contributed by atoms with Gasteiger partial charge in [-0.05, 0) is 57.4 Å². The van der Waals surface area contributed by atoms with E-state index in [-0.39, 0.29) is 23.8 Å². The van der Waals surface area contributed by atoms with Crippen molar-refractivity contribution in [2.75, 3.05) is 6.54 Å². The molecule has 0 aromatic carbocycles. The second-order valence-corrected chi connectivity index (χ2v) is 6.01. The molecule has 0 radical (unpaired) electrons. The summed E-state index contributed by atoms with van der Waals surface area (Å²) >= 11 is 0. The topological polar surface area (TPSA) is 92.4 Å². The normalized spacial score (nSPS) is 35.0. The van der Waals surface area contributed by atoms with E-state index in [1.807, 2.05) is 0 Å². The van der Waals surface area contributed by atoms with Gasteiger partial charge in [-0.2, -0.15) is 0 Å². The number of carboxylic acids is 1. The van der Waals surface area contributed by atoms with E-state index in [0.29, 0.717) is 18.8 Å². The van der Waals surface area contributed by atoms with E-state index in [2.05, 4.69) is 5.32 Å². The third-order valence-corrected chi connectivity index (χ3v) is 4.68. The van der Waals surface area contributed by atoms with Crippen molar-refractivity contribution >= 4 is 11.9 Å². The zero-order chi connectivity index (χ0) is 13.8. The molecule has 1 amide bonds. The lowest BCUT2D eigenvalue weighted by Crippen LogP contribution is -2.39. The molecule has 0 aromatic rings. The van der Waals surface area contributed by atoms with Crippen LogP contribution in [0.1, 0.15) is 44.9 Å². The number of amides is 1. The largest absolute Gasteiger partial charge is 0.481 e. The van der Waals surface area contributed by atoms with Crippen LogP contribution in [0, 0.1) is 17.8 Å². The molecule has 2 rings (SSSR count). The van der Waals surface area contributed by atoms with Gasteiger partial charge in [-0.25, -0.2) is 0 Å². The Kier molecular flexibility index (Phi) is 4.80. The van der Waals surface area contributed by atoms with Crippen LogP contribution < -0.4 is 11.1 Å². The molecule has 0 aliphatic heterocycles. The van der Waals surface area contributed by atoms with Gasteiger partial charge in [0.05, 0.1) is 5.92 Å². The Bertz CT molecular complexity index is 338. The van der Waals surface area contributed by atoms with Crippen molar-refractivity contribution < 1.29 is 14.7 Å². The first-order chi connectivity index (χ1) is 9.10. The molecule has 5 nitrogen and oxygen atoms in total. The zero-order valence-corrected chi connectivity index (χ0v) is 11.3. The molecule has 2 saturated carbocycles. The number of aliphatic carboxylic acids is 1. The highest BCUT2D eigenvalue weighted by atomic mass is 16.4. The molecule has 0 aromatic heterocycles. The van der Waals surface area contributed by atoms with Gasteiger partial charge in [-0.3, -0.25) is 9.59 Å². The number of rotatable bonds is 4. The molecule has 4 N–H and O–H groups in total. The van der Waals surface area contributed by atoms with Gasteiger partial charge < -0.3 is 16.2 Å². The molecule has 2 aliphatic carbocycles. The van der Waals surface area contributed by atoms with E-state index in [0.717, 1.165) is 38.6 Å². The van der Waals surface area contributed by atoms with Crippen LogP contribution in [-0.2, 0) is 9.59 Å². The van der Waals surface area contributed by atoms with Crippen LogP contribution in [0.3, 0.4) is 0 Å². The Hall–Kier alpha value is -1.10. The average molecular weight is 268 g/mol. The minimum absolute atomic E-state index is 0.0563. The van der Waals surface area contributed by atoms with Crippen LogP contribution in [0.15, 0.2) is 0 Å². The Balaban J connectivity index is 1.75. The summed E-state index contributed by atoms with van der Waals surface area (Å²) in [5.74, 6) is -0.219. The highest BCUT2D eigenvalue weighted by molar-refractivity contribution is 5.79. The fourth-order valence-corrected chi connectivity index (χ4v) is 3.32. The molecule has 2 fully saturated rings. The first kappa shape index (κ1) is 14.3. The highest BCUT2D eigenvalue weighted by Crippen LogP contribution is 2.30. The van der Waals surface area contributed by atoms with Crippen LogP contribution in [0.5, 0.6) is 0 Å². The van der Waals surface area contributed by atoms with Gasteiger partial charge >= 0.3 is 5.97 Å². The van der Waals surface area contributed by atoms with Crippen molar-refractivity contribution in [3.63, 3.8) is 0 Å². The van der Waals surface area contributed by atoms with Gasteiger partial charge in [0.1, 0.15) is 0 Å². The number of nitrogens with one attached hydrogen (secondary N) is 1. The van der Waals surface area contributed by atoms with Crippen molar-refractivity contribution in [2.24, 2.45) is 23.5 Å². The molecule has 2 aliphatic rings. The number of carbonyl (C=O) groups excluding carboxylic acids is 1. The molecule has 0 bridgehead atoms. The van der Waals surface area contributed by atoms with Crippen LogP contribution in [0.4, 0.5) is 0 Å². The minimum Gasteiger partial charge on any atom is -0.481 e. The maximum absolute atomic E-state index is 12.1. The molecular formula is C14H24N2O3. The van der Waals surface area contributed by atoms with E-state index < -0.39 is 5.97 Å². The number of carbonyl (C=O) groups is 2. The summed E-state index contributed by atoms with van der Waals surface area (Å²) in [6.45, 7) is 0.719. The molecule has 2 unspecified atom stereocenters. The van der Waals surface area contributed by atoms with Crippen molar-refractivity contribution in [2.45, 2.75) is 51.0 Å². The number of hydrogen-bond acceptors (Lipinski definition) is 3. The summed E-state index contributed by atoms with van der Waals surface area (Å²) in [5, 5.41) is 12.0. The summed E-state index contributed by atoms with van der Waals surface area (Å²) in [4.78, 5) is 23.0. The van der Waals surface area contributed by atoms with Crippen LogP contribution in [0.2, 0.25) is 0 Å². The van der Waals surface area contributed by atoms with E-state index in [1.54, 1.807) is 0 Å². The van der Waals surface area contributed by atoms with Gasteiger partial charge in [-0.1, -0.05) is 0 Å². The van der Waals surface area contributed by atoms with Gasteiger partial charge in [0.15, 0.2) is 0 Å². The molecule has 0 saturated heterocycles. The highest BCUT2D eigenvalue weighted by Gasteiger charge is 2.32. The summed E-state index contributed by atoms with van der Waals surface area (Å²) in [6, 6.07) is 0.0563. The predicted octanol–water partition coefficient (Wildman–Crippen LogP) is 1.12. The monoisotopic (exact) mass is 268 g/mol. The van der Waals surface area contributed by atoms with Gasteiger partial charge in [0, 0.05) is 12.0 Å². The maximum atomic E-state index is 12.1. The predicted molar refractivity (Wildman–Crippen MR) is 71.4 cm³/mol. The molecule has 2 atom stereocenters. The number of nitrogens with two attached hydrogens (primary N) is 1. The Labute approximate surface area is 113 Å². The van der Waals surface area contributed by atoms with Gasteiger partial charge in [0.25, 0.3) is 0 Å². The number of carboxylic acid groups (broad SMARTS) is 1. The molecule has 5 heteroatoms. The van der Waals surface area contributed by atoms with Crippen molar-refractivity contribution in [3.05, 3.63) is 0 Å². The minimum atomic E-state index is -0.736. The van der Waals surface area contributed by atoms with E-state index >= 15 is 0 Å². The van der Waals surface area contributed by atoms with Crippen molar-refractivity contribution in [3.8, 4) is 0 Å². The third-order valence-electron chi connectivity index (χ3n) is 4.68. The lowest BCUT2D eigenvalue weighted by Gasteiger charge is -2.27. The van der Waals surface area contributed by atoms with Crippen LogP contribution in [0.25, 0.3) is 0 Å². The molecule has 0 heterocycles. The Morgan fingerprint density at radius 1 is 1.05 bits per heavy atom. The smallest absolute Gasteiger partial charge is 0.306 e. The lowest BCUT2D eigenvalue weighted by molar-refractivity contribution is -0.141. The fourth-order valence-electron chi connectivity index (χ4n) is 3.32. The fraction of sp³-hybridized carbons (Fsp3) is 0.857. The van der Waals surface area contributed by atoms with E-state index in [1.165, 1.54) is 0 Å². The second kappa shape index (κ2) is 6.37. The van der Waals surface area contributed by atoms with Crippen molar-refractivity contribution in [1.82, 2.24) is 5.32 Å². The molecule has 0 spiro atoms. The van der Waals surface area contributed by atoms with E-state index in [9.17, 15) is 9.59 Å². The maximum Gasteiger partial charge on any atom is 0.306 e. The Morgan fingerprint density at radius 3 is 2.21 bits per heavy atom. The average Bonchev–Trinajstić information content (AvgIpc) is 2.87. The molecule has 19 heavy (non-hydrogen) atoms. The van der Waals surface area contributed by atoms with Crippen LogP contribution >= 0.6 is 0 Å². The SMILES string of the molecule is NCC1CCC(C(=O)NC2CCC(C(=O)O)C2)CC1. The second-order valence-electron chi connectivity index (χ2n) is 6.01. The lowest BCUT2D eigenvalue weighted by atomic mass is 9.81. The Morgan fingerprint density at radius 2 is 1.68 bits per heavy atom.